The van der Waals surface area contributed by atoms with Crippen molar-refractivity contribution in [2.24, 2.45) is 5.73 Å². The summed E-state index contributed by atoms with van der Waals surface area (Å²) in [5, 5.41) is 11.8. The molecule has 0 saturated carbocycles. The van der Waals surface area contributed by atoms with Gasteiger partial charge in [-0.3, -0.25) is 0 Å². The predicted octanol–water partition coefficient (Wildman–Crippen LogP) is 3.24. The van der Waals surface area contributed by atoms with Gasteiger partial charge in [-0.25, -0.2) is 0 Å². The molecule has 0 amide bonds. The topological polar surface area (TPSA) is 49.8 Å². The van der Waals surface area contributed by atoms with Crippen LogP contribution in [0, 0.1) is 11.3 Å². The van der Waals surface area contributed by atoms with Crippen molar-refractivity contribution < 1.29 is 0 Å². The first-order chi connectivity index (χ1) is 6.83. The smallest absolute Gasteiger partial charge is 0.0641 e. The molecule has 78 valence electrons. The molecular formula is C11H11ClN2S. The average Bonchev–Trinajstić information content (AvgIpc) is 2.61. The fourth-order valence-electron chi connectivity index (χ4n) is 1.49. The van der Waals surface area contributed by atoms with Gasteiger partial charge in [0.25, 0.3) is 0 Å². The van der Waals surface area contributed by atoms with Crippen molar-refractivity contribution in [1.82, 2.24) is 0 Å². The molecule has 0 aliphatic carbocycles. The number of thiophene rings is 1. The fourth-order valence-corrected chi connectivity index (χ4v) is 2.52. The molecule has 4 heteroatoms. The fraction of sp³-hybridized carbons (Fsp3) is 0.182. The van der Waals surface area contributed by atoms with Gasteiger partial charge in [0.05, 0.1) is 12.5 Å². The van der Waals surface area contributed by atoms with Crippen molar-refractivity contribution in [1.29, 1.82) is 5.26 Å². The van der Waals surface area contributed by atoms with E-state index < -0.39 is 0 Å². The summed E-state index contributed by atoms with van der Waals surface area (Å²) in [6.07, 6.45) is 0.376. The molecule has 0 unspecified atom stereocenters. The van der Waals surface area contributed by atoms with Gasteiger partial charge in [0, 0.05) is 10.7 Å². The Kier molecular flexibility index (Phi) is 4.10. The van der Waals surface area contributed by atoms with Crippen LogP contribution in [0.4, 0.5) is 0 Å². The quantitative estimate of drug-likeness (QED) is 0.873. The number of hydrogen-bond acceptors (Lipinski definition) is 3. The summed E-state index contributed by atoms with van der Waals surface area (Å²) < 4.78 is 1.23. The maximum absolute atomic E-state index is 8.58. The number of halogens is 1. The molecule has 0 bridgehead atoms. The molecule has 0 saturated heterocycles. The van der Waals surface area contributed by atoms with E-state index in [1.165, 1.54) is 10.1 Å². The van der Waals surface area contributed by atoms with E-state index in [0.717, 1.165) is 5.56 Å². The van der Waals surface area contributed by atoms with Crippen molar-refractivity contribution in [3.8, 4) is 6.07 Å². The molecule has 0 aliphatic heterocycles. The van der Waals surface area contributed by atoms with E-state index in [-0.39, 0.29) is 18.4 Å². The number of fused-ring (bicyclic) bond motifs is 1. The van der Waals surface area contributed by atoms with Crippen molar-refractivity contribution in [3.63, 3.8) is 0 Å². The molecular weight excluding hydrogens is 228 g/mol. The normalized spacial score (nSPS) is 11.7. The molecule has 0 fully saturated rings. The van der Waals surface area contributed by atoms with Crippen LogP contribution in [0.5, 0.6) is 0 Å². The summed E-state index contributed by atoms with van der Waals surface area (Å²) in [6.45, 7) is 0. The molecule has 0 aliphatic rings. The van der Waals surface area contributed by atoms with Crippen LogP contribution in [0.1, 0.15) is 18.0 Å². The van der Waals surface area contributed by atoms with Gasteiger partial charge < -0.3 is 5.73 Å². The maximum atomic E-state index is 8.58. The third-order valence-electron chi connectivity index (χ3n) is 2.22. The Bertz CT molecular complexity index is 487. The van der Waals surface area contributed by atoms with Gasteiger partial charge in [0.2, 0.25) is 0 Å². The van der Waals surface area contributed by atoms with Crippen LogP contribution in [0.2, 0.25) is 0 Å². The SMILES string of the molecule is Cl.N#CC[C@@H](N)c1csc2ccccc12. The zero-order chi connectivity index (χ0) is 9.97. The monoisotopic (exact) mass is 238 g/mol. The van der Waals surface area contributed by atoms with Crippen LogP contribution in [0.15, 0.2) is 29.6 Å². The summed E-state index contributed by atoms with van der Waals surface area (Å²) in [7, 11) is 0. The molecule has 2 rings (SSSR count). The molecule has 2 nitrogen and oxygen atoms in total. The zero-order valence-corrected chi connectivity index (χ0v) is 9.65. The Labute approximate surface area is 98.7 Å². The molecule has 1 aromatic carbocycles. The van der Waals surface area contributed by atoms with Crippen LogP contribution in [0.25, 0.3) is 10.1 Å². The Balaban J connectivity index is 0.00000112. The predicted molar refractivity (Wildman–Crippen MR) is 66.2 cm³/mol. The van der Waals surface area contributed by atoms with Crippen molar-refractivity contribution in [3.05, 3.63) is 35.2 Å². The third kappa shape index (κ3) is 2.29. The average molecular weight is 239 g/mol. The second-order valence-electron chi connectivity index (χ2n) is 3.16. The second-order valence-corrected chi connectivity index (χ2v) is 4.07. The molecule has 2 N–H and O–H groups in total. The highest BCUT2D eigenvalue weighted by molar-refractivity contribution is 7.17. The van der Waals surface area contributed by atoms with Crippen molar-refractivity contribution in [2.45, 2.75) is 12.5 Å². The lowest BCUT2D eigenvalue weighted by molar-refractivity contribution is 0.758. The van der Waals surface area contributed by atoms with Gasteiger partial charge >= 0.3 is 0 Å². The summed E-state index contributed by atoms with van der Waals surface area (Å²) in [5.74, 6) is 0. The standard InChI is InChI=1S/C11H10N2S.ClH/c12-6-5-10(13)9-7-14-11-4-2-1-3-8(9)11;/h1-4,7,10H,5,13H2;1H/t10-;/m1./s1. The summed E-state index contributed by atoms with van der Waals surface area (Å²) in [4.78, 5) is 0. The first kappa shape index (κ1) is 12.0. The highest BCUT2D eigenvalue weighted by Gasteiger charge is 2.10. The number of hydrogen-bond donors (Lipinski definition) is 1. The Morgan fingerprint density at radius 2 is 2.13 bits per heavy atom. The third-order valence-corrected chi connectivity index (χ3v) is 3.20. The van der Waals surface area contributed by atoms with Crippen LogP contribution < -0.4 is 5.73 Å². The van der Waals surface area contributed by atoms with Gasteiger partial charge in [-0.2, -0.15) is 5.26 Å². The molecule has 1 atom stereocenters. The summed E-state index contributed by atoms with van der Waals surface area (Å²) in [6, 6.07) is 10.1. The minimum absolute atomic E-state index is 0. The van der Waals surface area contributed by atoms with Gasteiger partial charge in [-0.1, -0.05) is 18.2 Å². The number of rotatable bonds is 2. The van der Waals surface area contributed by atoms with Gasteiger partial charge in [-0.05, 0) is 22.4 Å². The highest BCUT2D eigenvalue weighted by atomic mass is 35.5. The van der Waals surface area contributed by atoms with Crippen LogP contribution >= 0.6 is 23.7 Å². The Morgan fingerprint density at radius 1 is 1.40 bits per heavy atom. The molecule has 1 aromatic heterocycles. The van der Waals surface area contributed by atoms with Crippen molar-refractivity contribution >= 4 is 33.8 Å². The largest absolute Gasteiger partial charge is 0.323 e. The van der Waals surface area contributed by atoms with E-state index in [0.29, 0.717) is 6.42 Å². The Morgan fingerprint density at radius 3 is 2.87 bits per heavy atom. The lowest BCUT2D eigenvalue weighted by Gasteiger charge is -2.05. The zero-order valence-electron chi connectivity index (χ0n) is 8.01. The van der Waals surface area contributed by atoms with Crippen LogP contribution in [-0.2, 0) is 0 Å². The number of benzene rings is 1. The molecule has 1 heterocycles. The van der Waals surface area contributed by atoms with E-state index in [2.05, 4.69) is 18.2 Å². The summed E-state index contributed by atoms with van der Waals surface area (Å²) >= 11 is 1.68. The number of nitrogens with zero attached hydrogens (tertiary/aromatic N) is 1. The molecule has 15 heavy (non-hydrogen) atoms. The molecule has 0 spiro atoms. The molecule has 2 aromatic rings. The van der Waals surface area contributed by atoms with E-state index in [4.69, 9.17) is 11.0 Å². The van der Waals surface area contributed by atoms with Gasteiger partial charge in [0.15, 0.2) is 0 Å². The number of nitriles is 1. The maximum Gasteiger partial charge on any atom is 0.0641 e. The van der Waals surface area contributed by atoms with Gasteiger partial charge in [0.1, 0.15) is 0 Å². The van der Waals surface area contributed by atoms with Crippen molar-refractivity contribution in [2.75, 3.05) is 0 Å². The second kappa shape index (κ2) is 5.13. The van der Waals surface area contributed by atoms with Crippen LogP contribution in [-0.4, -0.2) is 0 Å². The lowest BCUT2D eigenvalue weighted by Crippen LogP contribution is -2.08. The van der Waals surface area contributed by atoms with Gasteiger partial charge in [-0.15, -0.1) is 23.7 Å². The lowest BCUT2D eigenvalue weighted by atomic mass is 10.0. The minimum Gasteiger partial charge on any atom is -0.323 e. The van der Waals surface area contributed by atoms with E-state index in [1.807, 2.05) is 17.5 Å². The first-order valence-electron chi connectivity index (χ1n) is 4.41. The minimum atomic E-state index is -0.156. The first-order valence-corrected chi connectivity index (χ1v) is 5.29. The number of nitrogens with two attached hydrogens (primary N) is 1. The highest BCUT2D eigenvalue weighted by Crippen LogP contribution is 2.30. The van der Waals surface area contributed by atoms with E-state index >= 15 is 0 Å². The van der Waals surface area contributed by atoms with E-state index in [9.17, 15) is 0 Å². The Hall–Kier alpha value is -1.08. The van der Waals surface area contributed by atoms with Crippen LogP contribution in [0.3, 0.4) is 0 Å². The molecule has 0 radical (unpaired) electrons. The summed E-state index contributed by atoms with van der Waals surface area (Å²) in [5.41, 5.74) is 6.99. The van der Waals surface area contributed by atoms with E-state index in [1.54, 1.807) is 11.3 Å².